The van der Waals surface area contributed by atoms with E-state index in [9.17, 15) is 4.79 Å². The van der Waals surface area contributed by atoms with Crippen molar-refractivity contribution in [1.29, 1.82) is 0 Å². The topological polar surface area (TPSA) is 38.3 Å². The number of ether oxygens (including phenoxy) is 1. The molecule has 1 heterocycles. The van der Waals surface area contributed by atoms with E-state index in [1.165, 1.54) is 11.8 Å². The molecule has 122 valence electrons. The van der Waals surface area contributed by atoms with E-state index in [0.29, 0.717) is 31.6 Å². The van der Waals surface area contributed by atoms with Crippen LogP contribution in [0, 0.1) is 0 Å². The van der Waals surface area contributed by atoms with E-state index < -0.39 is 0 Å². The van der Waals surface area contributed by atoms with Crippen LogP contribution < -0.4 is 10.1 Å². The average Bonchev–Trinajstić information content (AvgIpc) is 2.86. The number of hydrogen-bond donors (Lipinski definition) is 1. The van der Waals surface area contributed by atoms with Gasteiger partial charge in [0.2, 0.25) is 0 Å². The lowest BCUT2D eigenvalue weighted by Gasteiger charge is -2.09. The summed E-state index contributed by atoms with van der Waals surface area (Å²) in [6.45, 7) is 0.393. The maximum atomic E-state index is 11.7. The van der Waals surface area contributed by atoms with Crippen molar-refractivity contribution in [2.75, 3.05) is 0 Å². The number of hydrogen-bond acceptors (Lipinski definition) is 4. The van der Waals surface area contributed by atoms with E-state index >= 15 is 0 Å². The van der Waals surface area contributed by atoms with Crippen molar-refractivity contribution >= 4 is 63.5 Å². The maximum Gasteiger partial charge on any atom is 0.263 e. The molecule has 1 amide bonds. The first-order chi connectivity index (χ1) is 11.5. The van der Waals surface area contributed by atoms with Crippen LogP contribution in [-0.2, 0) is 11.4 Å². The van der Waals surface area contributed by atoms with Gasteiger partial charge in [-0.15, -0.1) is 0 Å². The van der Waals surface area contributed by atoms with Crippen molar-refractivity contribution in [3.8, 4) is 5.75 Å². The molecule has 24 heavy (non-hydrogen) atoms. The van der Waals surface area contributed by atoms with Crippen LogP contribution >= 0.6 is 47.2 Å². The van der Waals surface area contributed by atoms with Gasteiger partial charge in [-0.25, -0.2) is 0 Å². The molecule has 1 N–H and O–H groups in total. The summed E-state index contributed by atoms with van der Waals surface area (Å²) < 4.78 is 6.18. The number of carbonyl (C=O) groups is 1. The number of benzene rings is 2. The zero-order valence-corrected chi connectivity index (χ0v) is 15.4. The van der Waals surface area contributed by atoms with E-state index in [2.05, 4.69) is 5.32 Å². The van der Waals surface area contributed by atoms with Crippen molar-refractivity contribution < 1.29 is 9.53 Å². The lowest BCUT2D eigenvalue weighted by Crippen LogP contribution is -2.17. The molecule has 1 fully saturated rings. The summed E-state index contributed by atoms with van der Waals surface area (Å²) in [6.07, 6.45) is 1.74. The second kappa shape index (κ2) is 7.57. The Morgan fingerprint density at radius 3 is 2.54 bits per heavy atom. The van der Waals surface area contributed by atoms with Crippen molar-refractivity contribution in [2.45, 2.75) is 6.61 Å². The van der Waals surface area contributed by atoms with Gasteiger partial charge in [-0.3, -0.25) is 4.79 Å². The van der Waals surface area contributed by atoms with E-state index in [0.717, 1.165) is 11.1 Å². The molecule has 0 spiro atoms. The van der Waals surface area contributed by atoms with Crippen molar-refractivity contribution in [3.63, 3.8) is 0 Å². The summed E-state index contributed by atoms with van der Waals surface area (Å²) >= 11 is 18.3. The van der Waals surface area contributed by atoms with Crippen LogP contribution in [0.2, 0.25) is 10.0 Å². The standard InChI is InChI=1S/C17H11Cl2NO2S2/c18-12-4-1-10(2-5-12)9-22-14-6-3-11(7-13(14)19)8-15-16(21)20-17(23)24-15/h1-8H,9H2,(H,20,21,23). The number of amides is 1. The monoisotopic (exact) mass is 395 g/mol. The van der Waals surface area contributed by atoms with Gasteiger partial charge in [0.25, 0.3) is 5.91 Å². The van der Waals surface area contributed by atoms with E-state index in [-0.39, 0.29) is 5.91 Å². The zero-order chi connectivity index (χ0) is 17.1. The predicted octanol–water partition coefficient (Wildman–Crippen LogP) is 5.06. The molecule has 0 unspecified atom stereocenters. The molecule has 0 atom stereocenters. The maximum absolute atomic E-state index is 11.7. The fourth-order valence-electron chi connectivity index (χ4n) is 2.04. The van der Waals surface area contributed by atoms with Crippen LogP contribution in [0.3, 0.4) is 0 Å². The SMILES string of the molecule is O=C1NC(=S)SC1=Cc1ccc(OCc2ccc(Cl)cc2)c(Cl)c1. The molecule has 0 saturated carbocycles. The molecule has 1 aliphatic rings. The van der Waals surface area contributed by atoms with Crippen molar-refractivity contribution in [3.05, 3.63) is 68.5 Å². The molecule has 2 aromatic carbocycles. The van der Waals surface area contributed by atoms with Gasteiger partial charge in [0.1, 0.15) is 16.7 Å². The number of thiocarbonyl (C=S) groups is 1. The minimum Gasteiger partial charge on any atom is -0.487 e. The number of nitrogens with one attached hydrogen (secondary N) is 1. The highest BCUT2D eigenvalue weighted by Gasteiger charge is 2.21. The number of carbonyl (C=O) groups excluding carboxylic acids is 1. The van der Waals surface area contributed by atoms with Crippen LogP contribution in [0.5, 0.6) is 5.75 Å². The molecule has 1 saturated heterocycles. The lowest BCUT2D eigenvalue weighted by molar-refractivity contribution is -0.115. The van der Waals surface area contributed by atoms with Crippen LogP contribution in [0.4, 0.5) is 0 Å². The van der Waals surface area contributed by atoms with Gasteiger partial charge in [-0.05, 0) is 41.5 Å². The fourth-order valence-corrected chi connectivity index (χ4v) is 3.45. The lowest BCUT2D eigenvalue weighted by atomic mass is 10.2. The number of thioether (sulfide) groups is 1. The Balaban J connectivity index is 1.70. The van der Waals surface area contributed by atoms with Gasteiger partial charge in [0, 0.05) is 5.02 Å². The van der Waals surface area contributed by atoms with E-state index in [4.69, 9.17) is 40.2 Å². The third-order valence-electron chi connectivity index (χ3n) is 3.20. The highest BCUT2D eigenvalue weighted by Crippen LogP contribution is 2.30. The van der Waals surface area contributed by atoms with Gasteiger partial charge >= 0.3 is 0 Å². The minimum atomic E-state index is -0.191. The molecule has 0 aliphatic carbocycles. The molecule has 0 radical (unpaired) electrons. The van der Waals surface area contributed by atoms with E-state index in [1.54, 1.807) is 18.2 Å². The molecule has 3 rings (SSSR count). The van der Waals surface area contributed by atoms with Gasteiger partial charge < -0.3 is 10.1 Å². The Morgan fingerprint density at radius 2 is 1.92 bits per heavy atom. The van der Waals surface area contributed by atoms with Gasteiger partial charge in [0.05, 0.1) is 9.93 Å². The van der Waals surface area contributed by atoms with Crippen LogP contribution in [0.1, 0.15) is 11.1 Å². The number of rotatable bonds is 4. The third kappa shape index (κ3) is 4.30. The first-order valence-electron chi connectivity index (χ1n) is 6.93. The van der Waals surface area contributed by atoms with Crippen molar-refractivity contribution in [2.24, 2.45) is 0 Å². The summed E-state index contributed by atoms with van der Waals surface area (Å²) in [5, 5.41) is 3.73. The highest BCUT2D eigenvalue weighted by molar-refractivity contribution is 8.26. The first-order valence-corrected chi connectivity index (χ1v) is 8.91. The molecule has 7 heteroatoms. The summed E-state index contributed by atoms with van der Waals surface area (Å²) in [5.74, 6) is 0.386. The zero-order valence-electron chi connectivity index (χ0n) is 12.2. The molecule has 2 aromatic rings. The Morgan fingerprint density at radius 1 is 1.17 bits per heavy atom. The second-order valence-electron chi connectivity index (χ2n) is 4.96. The summed E-state index contributed by atoms with van der Waals surface area (Å²) in [4.78, 5) is 12.2. The van der Waals surface area contributed by atoms with Crippen molar-refractivity contribution in [1.82, 2.24) is 5.32 Å². The minimum absolute atomic E-state index is 0.191. The Bertz CT molecular complexity index is 835. The van der Waals surface area contributed by atoms with Gasteiger partial charge in [0.15, 0.2) is 0 Å². The summed E-state index contributed by atoms with van der Waals surface area (Å²) in [5.41, 5.74) is 1.80. The predicted molar refractivity (Wildman–Crippen MR) is 104 cm³/mol. The van der Waals surface area contributed by atoms with E-state index in [1.807, 2.05) is 30.3 Å². The third-order valence-corrected chi connectivity index (χ3v) is 4.91. The first kappa shape index (κ1) is 17.3. The molecule has 0 aromatic heterocycles. The normalized spacial score (nSPS) is 15.7. The second-order valence-corrected chi connectivity index (χ2v) is 7.52. The Hall–Kier alpha value is -1.53. The largest absolute Gasteiger partial charge is 0.487 e. The molecular formula is C17H11Cl2NO2S2. The highest BCUT2D eigenvalue weighted by atomic mass is 35.5. The van der Waals surface area contributed by atoms with Crippen LogP contribution in [0.25, 0.3) is 6.08 Å². The smallest absolute Gasteiger partial charge is 0.263 e. The van der Waals surface area contributed by atoms with Gasteiger partial charge in [-0.2, -0.15) is 0 Å². The quantitative estimate of drug-likeness (QED) is 0.579. The molecular weight excluding hydrogens is 385 g/mol. The molecule has 1 aliphatic heterocycles. The average molecular weight is 396 g/mol. The summed E-state index contributed by atoms with van der Waals surface area (Å²) in [7, 11) is 0. The summed E-state index contributed by atoms with van der Waals surface area (Å²) in [6, 6.07) is 12.8. The number of halogens is 2. The Labute approximate surface area is 159 Å². The van der Waals surface area contributed by atoms with Gasteiger partial charge in [-0.1, -0.05) is 65.4 Å². The van der Waals surface area contributed by atoms with Crippen LogP contribution in [0.15, 0.2) is 47.4 Å². The Kier molecular flexibility index (Phi) is 5.46. The fraction of sp³-hybridized carbons (Fsp3) is 0.0588. The molecule has 3 nitrogen and oxygen atoms in total. The molecule has 0 bridgehead atoms. The van der Waals surface area contributed by atoms with Crippen LogP contribution in [-0.4, -0.2) is 10.2 Å².